The van der Waals surface area contributed by atoms with Crippen molar-refractivity contribution in [1.82, 2.24) is 19.5 Å². The highest BCUT2D eigenvalue weighted by molar-refractivity contribution is 7.20. The van der Waals surface area contributed by atoms with Gasteiger partial charge in [-0.1, -0.05) is 23.5 Å². The maximum absolute atomic E-state index is 14.2. The molecule has 2 fully saturated rings. The van der Waals surface area contributed by atoms with Crippen molar-refractivity contribution in [1.29, 1.82) is 0 Å². The third-order valence-electron chi connectivity index (χ3n) is 7.49. The fourth-order valence-corrected chi connectivity index (χ4v) is 6.52. The van der Waals surface area contributed by atoms with E-state index in [-0.39, 0.29) is 23.2 Å². The van der Waals surface area contributed by atoms with Gasteiger partial charge in [0.25, 0.3) is 5.56 Å². The molecule has 6 rings (SSSR count). The molecule has 0 spiro atoms. The first kappa shape index (κ1) is 22.5. The number of nitrogens with zero attached hydrogens (tertiary/aromatic N) is 6. The minimum absolute atomic E-state index is 0.0374. The summed E-state index contributed by atoms with van der Waals surface area (Å²) in [5.74, 6) is -0.163. The molecule has 2 aromatic heterocycles. The van der Waals surface area contributed by atoms with Gasteiger partial charge in [-0.05, 0) is 50.7 Å². The van der Waals surface area contributed by atoms with Crippen molar-refractivity contribution >= 4 is 33.0 Å². The first-order valence-corrected chi connectivity index (χ1v) is 13.3. The Kier molecular flexibility index (Phi) is 5.91. The van der Waals surface area contributed by atoms with Crippen LogP contribution in [0.2, 0.25) is 0 Å². The van der Waals surface area contributed by atoms with E-state index < -0.39 is 0 Å². The number of hydrogen-bond donors (Lipinski definition) is 0. The third-order valence-corrected chi connectivity index (χ3v) is 8.46. The summed E-state index contributed by atoms with van der Waals surface area (Å²) in [5, 5.41) is 5.38. The number of hydrogen-bond acceptors (Lipinski definition) is 7. The molecule has 0 radical (unpaired) electrons. The van der Waals surface area contributed by atoms with Gasteiger partial charge in [0.1, 0.15) is 5.82 Å². The largest absolute Gasteiger partial charge is 0.366 e. The van der Waals surface area contributed by atoms with Gasteiger partial charge < -0.3 is 14.7 Å². The van der Waals surface area contributed by atoms with Crippen LogP contribution in [0.15, 0.2) is 29.1 Å². The summed E-state index contributed by atoms with van der Waals surface area (Å²) in [7, 11) is 0. The van der Waals surface area contributed by atoms with Crippen LogP contribution in [0.4, 0.5) is 15.2 Å². The second kappa shape index (κ2) is 9.22. The van der Waals surface area contributed by atoms with E-state index in [1.165, 1.54) is 21.9 Å². The Labute approximate surface area is 207 Å². The summed E-state index contributed by atoms with van der Waals surface area (Å²) in [5.41, 5.74) is 2.30. The Bertz CT molecular complexity index is 1320. The standard InChI is InChI=1S/C25H29FN6O2S/c26-19-8-2-4-10-21(19)29-12-14-30(15-13-29)22(33)17-6-5-11-31(16-17)25-28-32-23(34)18-7-1-3-9-20(18)27-24(32)35-25/h2,4,8,10,17H,1,3,5-7,9,11-16H2. The van der Waals surface area contributed by atoms with Crippen molar-refractivity contribution in [2.24, 2.45) is 5.92 Å². The summed E-state index contributed by atoms with van der Waals surface area (Å²) in [6.45, 7) is 3.85. The molecule has 1 amide bonds. The Morgan fingerprint density at radius 3 is 2.63 bits per heavy atom. The number of halogens is 1. The van der Waals surface area contributed by atoms with Crippen LogP contribution in [-0.4, -0.2) is 64.7 Å². The van der Waals surface area contributed by atoms with Gasteiger partial charge >= 0.3 is 0 Å². The van der Waals surface area contributed by atoms with Crippen molar-refractivity contribution in [3.05, 3.63) is 51.7 Å². The maximum Gasteiger partial charge on any atom is 0.278 e. The van der Waals surface area contributed by atoms with Gasteiger partial charge in [0.05, 0.1) is 17.3 Å². The van der Waals surface area contributed by atoms with Crippen molar-refractivity contribution in [3.63, 3.8) is 0 Å². The number of aryl methyl sites for hydroxylation is 1. The molecule has 2 aliphatic heterocycles. The molecule has 1 atom stereocenters. The molecule has 1 aliphatic carbocycles. The molecule has 2 saturated heterocycles. The third kappa shape index (κ3) is 4.17. The molecular formula is C25H29FN6O2S. The van der Waals surface area contributed by atoms with E-state index in [9.17, 15) is 14.0 Å². The van der Waals surface area contributed by atoms with E-state index in [1.54, 1.807) is 12.1 Å². The Morgan fingerprint density at radius 2 is 1.80 bits per heavy atom. The van der Waals surface area contributed by atoms with Gasteiger partial charge in [-0.3, -0.25) is 9.59 Å². The first-order chi connectivity index (χ1) is 17.1. The molecule has 1 aromatic carbocycles. The maximum atomic E-state index is 14.2. The average Bonchev–Trinajstić information content (AvgIpc) is 3.34. The number of aromatic nitrogens is 3. The lowest BCUT2D eigenvalue weighted by atomic mass is 9.96. The van der Waals surface area contributed by atoms with E-state index in [4.69, 9.17) is 4.98 Å². The number of rotatable bonds is 3. The zero-order valence-electron chi connectivity index (χ0n) is 19.7. The van der Waals surface area contributed by atoms with Gasteiger partial charge in [-0.15, -0.1) is 5.10 Å². The average molecular weight is 497 g/mol. The molecule has 0 saturated carbocycles. The van der Waals surface area contributed by atoms with E-state index in [0.717, 1.165) is 61.5 Å². The number of benzene rings is 1. The highest BCUT2D eigenvalue weighted by Crippen LogP contribution is 2.29. The SMILES string of the molecule is O=C(C1CCCN(c2nn3c(=O)c4c(nc3s2)CCCC4)C1)N1CCN(c2ccccc2F)CC1. The quantitative estimate of drug-likeness (QED) is 0.555. The summed E-state index contributed by atoms with van der Waals surface area (Å²) in [6.07, 6.45) is 5.49. The van der Waals surface area contributed by atoms with Crippen molar-refractivity contribution < 1.29 is 9.18 Å². The van der Waals surface area contributed by atoms with Crippen LogP contribution in [0.1, 0.15) is 36.9 Å². The second-order valence-corrected chi connectivity index (χ2v) is 10.6. The monoisotopic (exact) mass is 496 g/mol. The fourth-order valence-electron chi connectivity index (χ4n) is 5.58. The topological polar surface area (TPSA) is 74.0 Å². The van der Waals surface area contributed by atoms with Gasteiger partial charge in [0.2, 0.25) is 16.0 Å². The minimum Gasteiger partial charge on any atom is -0.366 e. The highest BCUT2D eigenvalue weighted by atomic mass is 32.1. The highest BCUT2D eigenvalue weighted by Gasteiger charge is 2.33. The zero-order valence-corrected chi connectivity index (χ0v) is 20.5. The number of anilines is 2. The van der Waals surface area contributed by atoms with Crippen molar-refractivity contribution in [2.45, 2.75) is 38.5 Å². The van der Waals surface area contributed by atoms with E-state index in [2.05, 4.69) is 10.00 Å². The van der Waals surface area contributed by atoms with Gasteiger partial charge in [-0.25, -0.2) is 9.37 Å². The Balaban J connectivity index is 1.14. The van der Waals surface area contributed by atoms with Crippen LogP contribution in [0.25, 0.3) is 4.96 Å². The van der Waals surface area contributed by atoms with Gasteiger partial charge in [0.15, 0.2) is 0 Å². The van der Waals surface area contributed by atoms with Gasteiger partial charge in [-0.2, -0.15) is 4.52 Å². The zero-order chi connectivity index (χ0) is 23.9. The van der Waals surface area contributed by atoms with Crippen LogP contribution in [0.3, 0.4) is 0 Å². The van der Waals surface area contributed by atoms with Crippen LogP contribution >= 0.6 is 11.3 Å². The van der Waals surface area contributed by atoms with Crippen LogP contribution in [-0.2, 0) is 17.6 Å². The summed E-state index contributed by atoms with van der Waals surface area (Å²) in [6, 6.07) is 6.80. The molecule has 0 N–H and O–H groups in total. The lowest BCUT2D eigenvalue weighted by Gasteiger charge is -2.39. The minimum atomic E-state index is -0.222. The smallest absolute Gasteiger partial charge is 0.278 e. The van der Waals surface area contributed by atoms with Crippen molar-refractivity contribution in [2.75, 3.05) is 49.1 Å². The number of carbonyl (C=O) groups is 1. The number of para-hydroxylation sites is 1. The molecule has 3 aliphatic rings. The number of piperazine rings is 1. The Morgan fingerprint density at radius 1 is 1.00 bits per heavy atom. The normalized spacial score (nSPS) is 20.8. The summed E-state index contributed by atoms with van der Waals surface area (Å²) >= 11 is 1.44. The summed E-state index contributed by atoms with van der Waals surface area (Å²) in [4.78, 5) is 37.8. The van der Waals surface area contributed by atoms with Crippen LogP contribution in [0, 0.1) is 11.7 Å². The number of amides is 1. The molecular weight excluding hydrogens is 467 g/mol. The molecule has 1 unspecified atom stereocenters. The number of carbonyl (C=O) groups excluding carboxylic acids is 1. The van der Waals surface area contributed by atoms with E-state index in [0.29, 0.717) is 43.4 Å². The second-order valence-electron chi connectivity index (χ2n) is 9.68. The molecule has 4 heterocycles. The summed E-state index contributed by atoms with van der Waals surface area (Å²) < 4.78 is 15.6. The number of piperidine rings is 1. The van der Waals surface area contributed by atoms with E-state index in [1.807, 2.05) is 15.9 Å². The fraction of sp³-hybridized carbons (Fsp3) is 0.520. The molecule has 3 aromatic rings. The lowest BCUT2D eigenvalue weighted by Crippen LogP contribution is -2.52. The van der Waals surface area contributed by atoms with Gasteiger partial charge in [0, 0.05) is 44.8 Å². The molecule has 35 heavy (non-hydrogen) atoms. The van der Waals surface area contributed by atoms with Crippen LogP contribution in [0.5, 0.6) is 0 Å². The molecule has 10 heteroatoms. The molecule has 184 valence electrons. The predicted molar refractivity (Wildman–Crippen MR) is 134 cm³/mol. The first-order valence-electron chi connectivity index (χ1n) is 12.5. The Hall–Kier alpha value is -3.01. The predicted octanol–water partition coefficient (Wildman–Crippen LogP) is 2.73. The van der Waals surface area contributed by atoms with E-state index >= 15 is 0 Å². The van der Waals surface area contributed by atoms with Crippen LogP contribution < -0.4 is 15.4 Å². The number of fused-ring (bicyclic) bond motifs is 2. The van der Waals surface area contributed by atoms with Crippen molar-refractivity contribution in [3.8, 4) is 0 Å². The lowest BCUT2D eigenvalue weighted by molar-refractivity contribution is -0.136. The molecule has 0 bridgehead atoms. The molecule has 8 nitrogen and oxygen atoms in total.